The number of amides is 2. The molecule has 0 aromatic heterocycles. The number of hydrogen-bond acceptors (Lipinski definition) is 2. The van der Waals surface area contributed by atoms with E-state index in [1.165, 1.54) is 6.08 Å². The molecule has 0 saturated carbocycles. The van der Waals surface area contributed by atoms with E-state index in [0.717, 1.165) is 5.56 Å². The fourth-order valence-electron chi connectivity index (χ4n) is 1.55. The van der Waals surface area contributed by atoms with Gasteiger partial charge in [-0.05, 0) is 31.5 Å². The van der Waals surface area contributed by atoms with Crippen LogP contribution in [0.4, 0.5) is 11.4 Å². The van der Waals surface area contributed by atoms with Gasteiger partial charge in [-0.2, -0.15) is 0 Å². The second-order valence-corrected chi connectivity index (χ2v) is 5.05. The molecule has 21 heavy (non-hydrogen) atoms. The lowest BCUT2D eigenvalue weighted by Gasteiger charge is -2.11. The van der Waals surface area contributed by atoms with Crippen LogP contribution in [-0.4, -0.2) is 11.8 Å². The molecule has 0 spiro atoms. The Kier molecular flexibility index (Phi) is 6.40. The molecule has 4 heteroatoms. The van der Waals surface area contributed by atoms with Crippen LogP contribution < -0.4 is 10.6 Å². The normalized spacial score (nSPS) is 11.3. The molecule has 0 bridgehead atoms. The molecule has 0 fully saturated rings. The lowest BCUT2D eigenvalue weighted by Crippen LogP contribution is -2.18. The third-order valence-electron chi connectivity index (χ3n) is 2.84. The number of hydrogen-bond donors (Lipinski definition) is 2. The summed E-state index contributed by atoms with van der Waals surface area (Å²) < 4.78 is 0. The molecule has 0 radical (unpaired) electrons. The lowest BCUT2D eigenvalue weighted by molar-refractivity contribution is -0.119. The van der Waals surface area contributed by atoms with Crippen LogP contribution in [0.25, 0.3) is 0 Å². The highest BCUT2D eigenvalue weighted by Gasteiger charge is 2.09. The minimum atomic E-state index is -0.205. The van der Waals surface area contributed by atoms with Crippen LogP contribution in [-0.2, 0) is 9.59 Å². The second kappa shape index (κ2) is 8.04. The number of aryl methyl sites for hydroxylation is 1. The first-order valence-corrected chi connectivity index (χ1v) is 6.96. The molecule has 1 aromatic rings. The zero-order chi connectivity index (χ0) is 15.8. The maximum atomic E-state index is 11.8. The van der Waals surface area contributed by atoms with Gasteiger partial charge in [0.1, 0.15) is 0 Å². The van der Waals surface area contributed by atoms with Crippen molar-refractivity contribution in [2.45, 2.75) is 27.7 Å². The molecular weight excluding hydrogens is 264 g/mol. The first kappa shape index (κ1) is 16.7. The largest absolute Gasteiger partial charge is 0.326 e. The summed E-state index contributed by atoms with van der Waals surface area (Å²) in [5.74, 6) is -0.347. The van der Waals surface area contributed by atoms with E-state index in [0.29, 0.717) is 11.4 Å². The molecule has 4 nitrogen and oxygen atoms in total. The van der Waals surface area contributed by atoms with Crippen molar-refractivity contribution in [3.05, 3.63) is 48.1 Å². The maximum absolute atomic E-state index is 11.8. The number of carbonyl (C=O) groups excluding carboxylic acids is 2. The minimum Gasteiger partial charge on any atom is -0.326 e. The van der Waals surface area contributed by atoms with Crippen LogP contribution >= 0.6 is 0 Å². The van der Waals surface area contributed by atoms with E-state index >= 15 is 0 Å². The molecule has 1 aromatic carbocycles. The summed E-state index contributed by atoms with van der Waals surface area (Å²) in [5.41, 5.74) is 2.30. The fourth-order valence-corrected chi connectivity index (χ4v) is 1.55. The molecule has 2 N–H and O–H groups in total. The number of nitrogens with one attached hydrogen (secondary N) is 2. The van der Waals surface area contributed by atoms with Crippen LogP contribution in [0, 0.1) is 12.8 Å². The first-order chi connectivity index (χ1) is 9.93. The number of rotatable bonds is 5. The van der Waals surface area contributed by atoms with Gasteiger partial charge in [0.2, 0.25) is 11.8 Å². The standard InChI is InChI=1S/C17H22N2O2/c1-5-6-7-8-16(20)19-15-11-14(10-9-13(15)4)18-17(21)12(2)3/h5-12H,1-4H3,(H,18,21)(H,19,20)/b6-5+,8-7+. The van der Waals surface area contributed by atoms with E-state index in [9.17, 15) is 9.59 Å². The molecule has 0 heterocycles. The third-order valence-corrected chi connectivity index (χ3v) is 2.84. The molecule has 0 atom stereocenters. The van der Waals surface area contributed by atoms with Gasteiger partial charge in [-0.15, -0.1) is 0 Å². The summed E-state index contributed by atoms with van der Waals surface area (Å²) >= 11 is 0. The van der Waals surface area contributed by atoms with Crippen molar-refractivity contribution in [3.8, 4) is 0 Å². The summed E-state index contributed by atoms with van der Waals surface area (Å²) in [6.07, 6.45) is 6.76. The van der Waals surface area contributed by atoms with E-state index in [4.69, 9.17) is 0 Å². The zero-order valence-electron chi connectivity index (χ0n) is 12.9. The number of benzene rings is 1. The van der Waals surface area contributed by atoms with Crippen LogP contribution in [0.5, 0.6) is 0 Å². The van der Waals surface area contributed by atoms with Crippen molar-refractivity contribution in [2.75, 3.05) is 10.6 Å². The minimum absolute atomic E-state index is 0.0518. The fraction of sp³-hybridized carbons (Fsp3) is 0.294. The highest BCUT2D eigenvalue weighted by molar-refractivity contribution is 6.01. The van der Waals surface area contributed by atoms with E-state index < -0.39 is 0 Å². The highest BCUT2D eigenvalue weighted by Crippen LogP contribution is 2.20. The molecule has 0 aliphatic rings. The Bertz CT molecular complexity index is 572. The van der Waals surface area contributed by atoms with Crippen LogP contribution in [0.2, 0.25) is 0 Å². The molecule has 0 unspecified atom stereocenters. The van der Waals surface area contributed by atoms with Gasteiger partial charge in [0, 0.05) is 23.4 Å². The van der Waals surface area contributed by atoms with Gasteiger partial charge in [-0.25, -0.2) is 0 Å². The third kappa shape index (κ3) is 5.65. The molecule has 112 valence electrons. The van der Waals surface area contributed by atoms with Gasteiger partial charge in [0.05, 0.1) is 0 Å². The molecular formula is C17H22N2O2. The van der Waals surface area contributed by atoms with Crippen molar-refractivity contribution in [1.82, 2.24) is 0 Å². The van der Waals surface area contributed by atoms with E-state index in [2.05, 4.69) is 10.6 Å². The molecule has 2 amide bonds. The predicted octanol–water partition coefficient (Wildman–Crippen LogP) is 3.66. The second-order valence-electron chi connectivity index (χ2n) is 5.05. The summed E-state index contributed by atoms with van der Waals surface area (Å²) in [6, 6.07) is 5.44. The van der Waals surface area contributed by atoms with Crippen molar-refractivity contribution >= 4 is 23.2 Å². The summed E-state index contributed by atoms with van der Waals surface area (Å²) in [5, 5.41) is 5.62. The van der Waals surface area contributed by atoms with Gasteiger partial charge in [0.15, 0.2) is 0 Å². The van der Waals surface area contributed by atoms with Crippen molar-refractivity contribution < 1.29 is 9.59 Å². The SMILES string of the molecule is C/C=C/C=C/C(=O)Nc1cc(NC(=O)C(C)C)ccc1C. The first-order valence-electron chi connectivity index (χ1n) is 6.96. The van der Waals surface area contributed by atoms with E-state index in [1.807, 2.05) is 45.9 Å². The van der Waals surface area contributed by atoms with Gasteiger partial charge < -0.3 is 10.6 Å². The highest BCUT2D eigenvalue weighted by atomic mass is 16.2. The van der Waals surface area contributed by atoms with Crippen molar-refractivity contribution in [1.29, 1.82) is 0 Å². The van der Waals surface area contributed by atoms with Gasteiger partial charge in [-0.3, -0.25) is 9.59 Å². The Morgan fingerprint density at radius 1 is 1.14 bits per heavy atom. The van der Waals surface area contributed by atoms with Gasteiger partial charge in [0.25, 0.3) is 0 Å². The molecule has 0 aliphatic heterocycles. The Labute approximate surface area is 125 Å². The van der Waals surface area contributed by atoms with Crippen LogP contribution in [0.15, 0.2) is 42.5 Å². The lowest BCUT2D eigenvalue weighted by atomic mass is 10.1. The number of carbonyl (C=O) groups is 2. The topological polar surface area (TPSA) is 58.2 Å². The Balaban J connectivity index is 2.82. The van der Waals surface area contributed by atoms with Crippen LogP contribution in [0.1, 0.15) is 26.3 Å². The van der Waals surface area contributed by atoms with Gasteiger partial charge in [-0.1, -0.05) is 38.1 Å². The Morgan fingerprint density at radius 3 is 2.48 bits per heavy atom. The zero-order valence-corrected chi connectivity index (χ0v) is 12.9. The summed E-state index contributed by atoms with van der Waals surface area (Å²) in [7, 11) is 0. The van der Waals surface area contributed by atoms with E-state index in [-0.39, 0.29) is 17.7 Å². The number of anilines is 2. The molecule has 0 aliphatic carbocycles. The average Bonchev–Trinajstić information content (AvgIpc) is 2.42. The molecule has 0 saturated heterocycles. The molecule has 1 rings (SSSR count). The van der Waals surface area contributed by atoms with Crippen LogP contribution in [0.3, 0.4) is 0 Å². The average molecular weight is 286 g/mol. The summed E-state index contributed by atoms with van der Waals surface area (Å²) in [6.45, 7) is 7.45. The van der Waals surface area contributed by atoms with Crippen molar-refractivity contribution in [3.63, 3.8) is 0 Å². The summed E-state index contributed by atoms with van der Waals surface area (Å²) in [4.78, 5) is 23.4. The van der Waals surface area contributed by atoms with E-state index in [1.54, 1.807) is 18.2 Å². The Hall–Kier alpha value is -2.36. The Morgan fingerprint density at radius 2 is 1.86 bits per heavy atom. The predicted molar refractivity (Wildman–Crippen MR) is 87.2 cm³/mol. The number of allylic oxidation sites excluding steroid dienone is 3. The van der Waals surface area contributed by atoms with Crippen molar-refractivity contribution in [2.24, 2.45) is 5.92 Å². The monoisotopic (exact) mass is 286 g/mol. The smallest absolute Gasteiger partial charge is 0.248 e. The quantitative estimate of drug-likeness (QED) is 0.641. The maximum Gasteiger partial charge on any atom is 0.248 e. The van der Waals surface area contributed by atoms with Gasteiger partial charge >= 0.3 is 0 Å².